The SMILES string of the molecule is O=C([O-])c1ccccc1.OO.[Na+]. The van der Waals surface area contributed by atoms with Gasteiger partial charge in [0, 0.05) is 0 Å². The van der Waals surface area contributed by atoms with E-state index in [0.717, 1.165) is 0 Å². The Bertz CT molecular complexity index is 212. The van der Waals surface area contributed by atoms with Crippen LogP contribution in [0.2, 0.25) is 0 Å². The van der Waals surface area contributed by atoms with Crippen LogP contribution >= 0.6 is 0 Å². The summed E-state index contributed by atoms with van der Waals surface area (Å²) in [5.74, 6) is -1.13. The van der Waals surface area contributed by atoms with Gasteiger partial charge in [0.1, 0.15) is 0 Å². The maximum absolute atomic E-state index is 10.1. The van der Waals surface area contributed by atoms with Crippen LogP contribution in [0.1, 0.15) is 10.4 Å². The maximum Gasteiger partial charge on any atom is 1.00 e. The smallest absolute Gasteiger partial charge is 0.545 e. The van der Waals surface area contributed by atoms with Crippen molar-refractivity contribution in [1.82, 2.24) is 0 Å². The molecule has 0 aliphatic carbocycles. The Morgan fingerprint density at radius 1 is 1.17 bits per heavy atom. The second-order valence-corrected chi connectivity index (χ2v) is 1.65. The van der Waals surface area contributed by atoms with Crippen molar-refractivity contribution in [3.63, 3.8) is 0 Å². The molecule has 1 aromatic rings. The van der Waals surface area contributed by atoms with Crippen LogP contribution in [0.5, 0.6) is 0 Å². The van der Waals surface area contributed by atoms with E-state index in [2.05, 4.69) is 0 Å². The van der Waals surface area contributed by atoms with E-state index < -0.39 is 5.97 Å². The number of rotatable bonds is 1. The van der Waals surface area contributed by atoms with Gasteiger partial charge in [-0.25, -0.2) is 0 Å². The molecule has 1 rings (SSSR count). The Kier molecular flexibility index (Phi) is 10.3. The van der Waals surface area contributed by atoms with E-state index in [9.17, 15) is 9.90 Å². The normalized spacial score (nSPS) is 7.17. The summed E-state index contributed by atoms with van der Waals surface area (Å²) in [6.07, 6.45) is 0. The molecular formula is C7H7NaO4. The van der Waals surface area contributed by atoms with Crippen molar-refractivity contribution in [2.24, 2.45) is 0 Å². The van der Waals surface area contributed by atoms with Crippen LogP contribution in [0, 0.1) is 0 Å². The zero-order chi connectivity index (χ0) is 8.69. The predicted octanol–water partition coefficient (Wildman–Crippen LogP) is -2.93. The third-order valence-electron chi connectivity index (χ3n) is 1.01. The molecule has 0 bridgehead atoms. The van der Waals surface area contributed by atoms with Crippen LogP contribution in [0.25, 0.3) is 0 Å². The molecule has 5 heteroatoms. The van der Waals surface area contributed by atoms with E-state index in [4.69, 9.17) is 10.5 Å². The van der Waals surface area contributed by atoms with Gasteiger partial charge >= 0.3 is 29.6 Å². The van der Waals surface area contributed by atoms with Crippen molar-refractivity contribution in [2.75, 3.05) is 0 Å². The molecule has 60 valence electrons. The molecule has 0 saturated carbocycles. The Balaban J connectivity index is 0. The van der Waals surface area contributed by atoms with E-state index in [1.807, 2.05) is 0 Å². The van der Waals surface area contributed by atoms with Crippen LogP contribution < -0.4 is 34.7 Å². The van der Waals surface area contributed by atoms with Crippen LogP contribution in [0.15, 0.2) is 30.3 Å². The Hall–Kier alpha value is -0.390. The predicted molar refractivity (Wildman–Crippen MR) is 36.0 cm³/mol. The minimum atomic E-state index is -1.13. The van der Waals surface area contributed by atoms with E-state index in [-0.39, 0.29) is 35.1 Å². The molecule has 0 amide bonds. The Morgan fingerprint density at radius 2 is 1.58 bits per heavy atom. The Labute approximate surface area is 91.7 Å². The summed E-state index contributed by atoms with van der Waals surface area (Å²) >= 11 is 0. The second-order valence-electron chi connectivity index (χ2n) is 1.65. The molecule has 0 saturated heterocycles. The van der Waals surface area contributed by atoms with Crippen molar-refractivity contribution < 1.29 is 50.0 Å². The maximum atomic E-state index is 10.1. The largest absolute Gasteiger partial charge is 1.00 e. The molecule has 2 N–H and O–H groups in total. The fraction of sp³-hybridized carbons (Fsp3) is 0. The third kappa shape index (κ3) is 5.29. The van der Waals surface area contributed by atoms with Crippen LogP contribution in [0.4, 0.5) is 0 Å². The summed E-state index contributed by atoms with van der Waals surface area (Å²) in [6.45, 7) is 0. The number of hydrogen-bond donors (Lipinski definition) is 2. The molecule has 0 spiro atoms. The molecule has 0 atom stereocenters. The van der Waals surface area contributed by atoms with Gasteiger partial charge in [0.25, 0.3) is 0 Å². The first kappa shape index (κ1) is 14.2. The average Bonchev–Trinajstić information content (AvgIpc) is 2.10. The second kappa shape index (κ2) is 8.70. The average molecular weight is 178 g/mol. The summed E-state index contributed by atoms with van der Waals surface area (Å²) in [4.78, 5) is 10.1. The third-order valence-corrected chi connectivity index (χ3v) is 1.01. The van der Waals surface area contributed by atoms with Crippen molar-refractivity contribution in [1.29, 1.82) is 0 Å². The molecule has 0 fully saturated rings. The monoisotopic (exact) mass is 178 g/mol. The number of carboxylic acid groups (broad SMARTS) is 1. The minimum absolute atomic E-state index is 0. The number of carbonyl (C=O) groups is 1. The fourth-order valence-corrected chi connectivity index (χ4v) is 0.574. The summed E-state index contributed by atoms with van der Waals surface area (Å²) in [6, 6.07) is 8.06. The van der Waals surface area contributed by atoms with Gasteiger partial charge in [-0.15, -0.1) is 0 Å². The molecule has 0 aliphatic heterocycles. The summed E-state index contributed by atoms with van der Waals surface area (Å²) in [5.41, 5.74) is 0.220. The molecule has 12 heavy (non-hydrogen) atoms. The first-order valence-electron chi connectivity index (χ1n) is 2.77. The summed E-state index contributed by atoms with van der Waals surface area (Å²) < 4.78 is 0. The zero-order valence-electron chi connectivity index (χ0n) is 6.60. The number of hydrogen-bond acceptors (Lipinski definition) is 4. The first-order chi connectivity index (χ1) is 5.30. The number of aromatic carboxylic acids is 1. The van der Waals surface area contributed by atoms with Crippen molar-refractivity contribution in [2.45, 2.75) is 0 Å². The molecule has 0 aromatic heterocycles. The zero-order valence-corrected chi connectivity index (χ0v) is 8.60. The first-order valence-corrected chi connectivity index (χ1v) is 2.77. The van der Waals surface area contributed by atoms with Gasteiger partial charge in [0.15, 0.2) is 0 Å². The Morgan fingerprint density at radius 3 is 1.83 bits per heavy atom. The van der Waals surface area contributed by atoms with Gasteiger partial charge in [-0.3, -0.25) is 10.5 Å². The van der Waals surface area contributed by atoms with Crippen molar-refractivity contribution >= 4 is 5.97 Å². The van der Waals surface area contributed by atoms with Gasteiger partial charge in [0.2, 0.25) is 0 Å². The molecule has 0 aliphatic rings. The summed E-state index contributed by atoms with van der Waals surface area (Å²) in [7, 11) is 0. The van der Waals surface area contributed by atoms with E-state index in [1.165, 1.54) is 12.1 Å². The minimum Gasteiger partial charge on any atom is -0.545 e. The van der Waals surface area contributed by atoms with Crippen LogP contribution in [-0.2, 0) is 0 Å². The van der Waals surface area contributed by atoms with Gasteiger partial charge in [0.05, 0.1) is 5.97 Å². The quantitative estimate of drug-likeness (QED) is 0.274. The van der Waals surface area contributed by atoms with E-state index in [1.54, 1.807) is 18.2 Å². The fourth-order valence-electron chi connectivity index (χ4n) is 0.574. The molecular weight excluding hydrogens is 171 g/mol. The van der Waals surface area contributed by atoms with E-state index >= 15 is 0 Å². The molecule has 0 unspecified atom stereocenters. The van der Waals surface area contributed by atoms with Gasteiger partial charge in [-0.1, -0.05) is 30.3 Å². The van der Waals surface area contributed by atoms with E-state index in [0.29, 0.717) is 0 Å². The van der Waals surface area contributed by atoms with Gasteiger partial charge < -0.3 is 9.90 Å². The number of carbonyl (C=O) groups excluding carboxylic acids is 1. The van der Waals surface area contributed by atoms with Crippen LogP contribution in [0.3, 0.4) is 0 Å². The van der Waals surface area contributed by atoms with Crippen molar-refractivity contribution in [3.8, 4) is 0 Å². The molecule has 4 nitrogen and oxygen atoms in total. The molecule has 0 heterocycles. The number of benzene rings is 1. The standard InChI is InChI=1S/C7H6O2.Na.H2O2/c8-7(9)6-4-2-1-3-5-6;;1-2/h1-5H,(H,8,9);;1-2H/q;+1;/p-1. The van der Waals surface area contributed by atoms with Gasteiger partial charge in [-0.2, -0.15) is 0 Å². The van der Waals surface area contributed by atoms with Gasteiger partial charge in [-0.05, 0) is 5.56 Å². The number of carboxylic acids is 1. The van der Waals surface area contributed by atoms with Crippen molar-refractivity contribution in [3.05, 3.63) is 35.9 Å². The topological polar surface area (TPSA) is 80.6 Å². The summed E-state index contributed by atoms with van der Waals surface area (Å²) in [5, 5.41) is 22.1. The molecule has 0 radical (unpaired) electrons. The van der Waals surface area contributed by atoms with Crippen LogP contribution in [-0.4, -0.2) is 16.5 Å². The molecule has 1 aromatic carbocycles.